The van der Waals surface area contributed by atoms with E-state index in [2.05, 4.69) is 4.74 Å². The third-order valence-corrected chi connectivity index (χ3v) is 2.04. The van der Waals surface area contributed by atoms with Crippen molar-refractivity contribution < 1.29 is 46.1 Å². The second kappa shape index (κ2) is 5.10. The van der Waals surface area contributed by atoms with E-state index < -0.39 is 41.5 Å². The number of hydrogen-bond donors (Lipinski definition) is 2. The molecule has 0 aliphatic heterocycles. The van der Waals surface area contributed by atoms with Gasteiger partial charge in [-0.2, -0.15) is 22.0 Å². The van der Waals surface area contributed by atoms with Crippen LogP contribution in [0.1, 0.15) is 10.4 Å². The Balaban J connectivity index is 2.99. The van der Waals surface area contributed by atoms with Crippen LogP contribution in [0.25, 0.3) is 0 Å². The summed E-state index contributed by atoms with van der Waals surface area (Å²) in [5.74, 6) is -3.64. The molecule has 4 nitrogen and oxygen atoms in total. The summed E-state index contributed by atoms with van der Waals surface area (Å²) in [5.41, 5.74) is -0.687. The van der Waals surface area contributed by atoms with Gasteiger partial charge in [0, 0.05) is 6.07 Å². The normalized spacial score (nSPS) is 13.9. The van der Waals surface area contributed by atoms with Crippen molar-refractivity contribution in [1.82, 2.24) is 0 Å². The second-order valence-electron chi connectivity index (χ2n) is 3.55. The molecule has 10 heteroatoms. The molecule has 1 aromatic rings. The molecule has 20 heavy (non-hydrogen) atoms. The van der Waals surface area contributed by atoms with Crippen LogP contribution < -0.4 is 4.74 Å². The molecule has 0 radical (unpaired) electrons. The van der Waals surface area contributed by atoms with Gasteiger partial charge in [0.15, 0.2) is 0 Å². The van der Waals surface area contributed by atoms with E-state index in [1.165, 1.54) is 0 Å². The van der Waals surface area contributed by atoms with Gasteiger partial charge < -0.3 is 14.9 Å². The predicted molar refractivity (Wildman–Crippen MR) is 51.6 cm³/mol. The van der Waals surface area contributed by atoms with Crippen LogP contribution in [-0.4, -0.2) is 34.6 Å². The maximum atomic E-state index is 12.9. The van der Waals surface area contributed by atoms with Crippen LogP contribution in [0.4, 0.5) is 26.3 Å². The first-order valence-electron chi connectivity index (χ1n) is 4.79. The lowest BCUT2D eigenvalue weighted by atomic mass is 10.2. The van der Waals surface area contributed by atoms with Crippen molar-refractivity contribution in [3.8, 4) is 11.5 Å². The molecule has 2 N–H and O–H groups in total. The van der Waals surface area contributed by atoms with Gasteiger partial charge in [0.1, 0.15) is 17.1 Å². The number of benzene rings is 1. The van der Waals surface area contributed by atoms with E-state index in [0.717, 1.165) is 0 Å². The Kier molecular flexibility index (Phi) is 4.06. The average molecular weight is 304 g/mol. The monoisotopic (exact) mass is 304 g/mol. The van der Waals surface area contributed by atoms with Gasteiger partial charge in [-0.1, -0.05) is 0 Å². The number of hydrogen-bond acceptors (Lipinski definition) is 3. The van der Waals surface area contributed by atoms with Crippen LogP contribution in [0.3, 0.4) is 0 Å². The number of alkyl halides is 6. The summed E-state index contributed by atoms with van der Waals surface area (Å²) in [7, 11) is 0. The first-order valence-corrected chi connectivity index (χ1v) is 4.79. The van der Waals surface area contributed by atoms with Crippen molar-refractivity contribution >= 4 is 5.97 Å². The fourth-order valence-corrected chi connectivity index (χ4v) is 1.16. The fraction of sp³-hybridized carbons (Fsp3) is 0.300. The van der Waals surface area contributed by atoms with Crippen LogP contribution in [-0.2, 0) is 0 Å². The summed E-state index contributed by atoms with van der Waals surface area (Å²) in [6.45, 7) is 0. The molecule has 0 amide bonds. The van der Waals surface area contributed by atoms with Crippen LogP contribution in [0, 0.1) is 0 Å². The Morgan fingerprint density at radius 1 is 1.20 bits per heavy atom. The quantitative estimate of drug-likeness (QED) is 0.839. The molecule has 112 valence electrons. The summed E-state index contributed by atoms with van der Waals surface area (Å²) >= 11 is 0. The molecule has 0 heterocycles. The molecule has 0 spiro atoms. The topological polar surface area (TPSA) is 66.8 Å². The van der Waals surface area contributed by atoms with Gasteiger partial charge in [0.2, 0.25) is 0 Å². The largest absolute Gasteiger partial charge is 0.507 e. The molecule has 1 aromatic carbocycles. The standard InChI is InChI=1S/C10H6F6O4/c11-8(9(12,13)14)10(15,16)20-4-1-2-5(7(18)19)6(17)3-4/h1-3,8,17H,(H,18,19). The number of aromatic hydroxyl groups is 1. The van der Waals surface area contributed by atoms with E-state index in [4.69, 9.17) is 10.2 Å². The van der Waals surface area contributed by atoms with E-state index in [1.54, 1.807) is 0 Å². The highest BCUT2D eigenvalue weighted by atomic mass is 19.4. The Hall–Kier alpha value is -2.13. The number of carboxylic acid groups (broad SMARTS) is 1. The summed E-state index contributed by atoms with van der Waals surface area (Å²) in [6, 6.07) is 1.50. The molecule has 1 unspecified atom stereocenters. The molecule has 0 aliphatic rings. The van der Waals surface area contributed by atoms with Gasteiger partial charge in [-0.25, -0.2) is 9.18 Å². The summed E-state index contributed by atoms with van der Waals surface area (Å²) in [6.07, 6.45) is -15.6. The maximum absolute atomic E-state index is 12.9. The summed E-state index contributed by atoms with van der Waals surface area (Å²) in [4.78, 5) is 10.5. The molecule has 0 saturated carbocycles. The number of rotatable bonds is 4. The van der Waals surface area contributed by atoms with Crippen LogP contribution in [0.2, 0.25) is 0 Å². The lowest BCUT2D eigenvalue weighted by molar-refractivity contribution is -0.304. The molecule has 1 rings (SSSR count). The Bertz CT molecular complexity index is 513. The van der Waals surface area contributed by atoms with Gasteiger partial charge in [0.25, 0.3) is 6.17 Å². The minimum atomic E-state index is -5.84. The number of phenols is 1. The summed E-state index contributed by atoms with van der Waals surface area (Å²) in [5, 5.41) is 17.7. The molecule has 0 saturated heterocycles. The minimum Gasteiger partial charge on any atom is -0.507 e. The number of carbonyl (C=O) groups is 1. The predicted octanol–water partition coefficient (Wildman–Crippen LogP) is 2.96. The number of ether oxygens (including phenoxy) is 1. The zero-order valence-electron chi connectivity index (χ0n) is 9.29. The van der Waals surface area contributed by atoms with Crippen LogP contribution in [0.15, 0.2) is 18.2 Å². The molecule has 0 aromatic heterocycles. The third kappa shape index (κ3) is 3.45. The van der Waals surface area contributed by atoms with E-state index in [0.29, 0.717) is 18.2 Å². The molecular weight excluding hydrogens is 298 g/mol. The maximum Gasteiger partial charge on any atom is 0.439 e. The van der Waals surface area contributed by atoms with Gasteiger partial charge in [0.05, 0.1) is 0 Å². The average Bonchev–Trinajstić information content (AvgIpc) is 2.25. The van der Waals surface area contributed by atoms with Crippen molar-refractivity contribution in [3.63, 3.8) is 0 Å². The smallest absolute Gasteiger partial charge is 0.439 e. The Morgan fingerprint density at radius 3 is 2.15 bits per heavy atom. The van der Waals surface area contributed by atoms with Crippen LogP contribution in [0.5, 0.6) is 11.5 Å². The van der Waals surface area contributed by atoms with E-state index in [1.807, 2.05) is 0 Å². The first kappa shape index (κ1) is 15.9. The van der Waals surface area contributed by atoms with Crippen molar-refractivity contribution in [2.45, 2.75) is 18.5 Å². The van der Waals surface area contributed by atoms with E-state index >= 15 is 0 Å². The second-order valence-corrected chi connectivity index (χ2v) is 3.55. The van der Waals surface area contributed by atoms with Crippen molar-refractivity contribution in [3.05, 3.63) is 23.8 Å². The van der Waals surface area contributed by atoms with Gasteiger partial charge in [-0.15, -0.1) is 0 Å². The highest BCUT2D eigenvalue weighted by molar-refractivity contribution is 5.90. The van der Waals surface area contributed by atoms with Gasteiger partial charge in [-0.3, -0.25) is 0 Å². The van der Waals surface area contributed by atoms with Crippen molar-refractivity contribution in [2.75, 3.05) is 0 Å². The molecule has 0 aliphatic carbocycles. The molecule has 1 atom stereocenters. The molecular formula is C10H6F6O4. The van der Waals surface area contributed by atoms with E-state index in [9.17, 15) is 31.1 Å². The van der Waals surface area contributed by atoms with Gasteiger partial charge >= 0.3 is 18.3 Å². The Morgan fingerprint density at radius 2 is 1.75 bits per heavy atom. The lowest BCUT2D eigenvalue weighted by Crippen LogP contribution is -2.45. The molecule has 0 bridgehead atoms. The lowest BCUT2D eigenvalue weighted by Gasteiger charge is -2.23. The number of carboxylic acids is 1. The SMILES string of the molecule is O=C(O)c1ccc(OC(F)(F)C(F)C(F)(F)F)cc1O. The van der Waals surface area contributed by atoms with Crippen molar-refractivity contribution in [1.29, 1.82) is 0 Å². The first-order chi connectivity index (χ1) is 8.95. The van der Waals surface area contributed by atoms with Crippen molar-refractivity contribution in [2.24, 2.45) is 0 Å². The zero-order chi connectivity index (χ0) is 15.7. The highest BCUT2D eigenvalue weighted by Gasteiger charge is 2.59. The number of aromatic carboxylic acids is 1. The van der Waals surface area contributed by atoms with Gasteiger partial charge in [-0.05, 0) is 12.1 Å². The summed E-state index contributed by atoms with van der Waals surface area (Å²) < 4.78 is 77.3. The third-order valence-electron chi connectivity index (χ3n) is 2.04. The zero-order valence-corrected chi connectivity index (χ0v) is 9.29. The number of halogens is 6. The van der Waals surface area contributed by atoms with E-state index in [-0.39, 0.29) is 0 Å². The fourth-order valence-electron chi connectivity index (χ4n) is 1.16. The minimum absolute atomic E-state index is 0.334. The van der Waals surface area contributed by atoms with Crippen LogP contribution >= 0.6 is 0 Å². The molecule has 0 fully saturated rings. The Labute approximate surface area is 107 Å². The highest BCUT2D eigenvalue weighted by Crippen LogP contribution is 2.37.